The molecule has 3 nitrogen and oxygen atoms in total. The van der Waals surface area contributed by atoms with Crippen molar-refractivity contribution in [1.82, 2.24) is 0 Å². The molecule has 1 unspecified atom stereocenters. The van der Waals surface area contributed by atoms with Gasteiger partial charge in [-0.1, -0.05) is 0 Å². The highest BCUT2D eigenvalue weighted by atomic mass is 16.5. The molecule has 0 bridgehead atoms. The largest absolute Gasteiger partial charge is 0.381 e. The molecular formula is C11H23NO2. The van der Waals surface area contributed by atoms with Gasteiger partial charge in [-0.3, -0.25) is 0 Å². The summed E-state index contributed by atoms with van der Waals surface area (Å²) in [7, 11) is 0. The first-order valence-electron chi connectivity index (χ1n) is 5.58. The molecule has 1 atom stereocenters. The van der Waals surface area contributed by atoms with Gasteiger partial charge in [0.15, 0.2) is 0 Å². The highest BCUT2D eigenvalue weighted by Crippen LogP contribution is 2.18. The second kappa shape index (κ2) is 5.69. The Labute approximate surface area is 86.9 Å². The van der Waals surface area contributed by atoms with Crippen LogP contribution in [0.4, 0.5) is 0 Å². The molecule has 1 aliphatic rings. The lowest BCUT2D eigenvalue weighted by molar-refractivity contribution is -0.0189. The van der Waals surface area contributed by atoms with Gasteiger partial charge in [0.1, 0.15) is 5.72 Å². The summed E-state index contributed by atoms with van der Waals surface area (Å²) in [6.07, 6.45) is 4.82. The SMILES string of the molecule is CC(C)(N)OCCCC1CCCOC1. The van der Waals surface area contributed by atoms with E-state index in [0.717, 1.165) is 32.2 Å². The van der Waals surface area contributed by atoms with Crippen LogP contribution in [0.3, 0.4) is 0 Å². The van der Waals surface area contributed by atoms with E-state index in [-0.39, 0.29) is 0 Å². The van der Waals surface area contributed by atoms with E-state index in [0.29, 0.717) is 0 Å². The molecule has 0 saturated carbocycles. The Bertz CT molecular complexity index is 148. The van der Waals surface area contributed by atoms with Crippen molar-refractivity contribution >= 4 is 0 Å². The smallest absolute Gasteiger partial charge is 0.111 e. The second-order valence-electron chi connectivity index (χ2n) is 4.68. The lowest BCUT2D eigenvalue weighted by Gasteiger charge is -2.23. The Kier molecular flexibility index (Phi) is 4.85. The van der Waals surface area contributed by atoms with Crippen LogP contribution in [-0.2, 0) is 9.47 Å². The summed E-state index contributed by atoms with van der Waals surface area (Å²) in [4.78, 5) is 0. The molecule has 0 radical (unpaired) electrons. The van der Waals surface area contributed by atoms with E-state index in [2.05, 4.69) is 0 Å². The van der Waals surface area contributed by atoms with Crippen molar-refractivity contribution in [2.75, 3.05) is 19.8 Å². The normalized spacial score (nSPS) is 23.8. The third kappa shape index (κ3) is 5.58. The van der Waals surface area contributed by atoms with Crippen LogP contribution in [-0.4, -0.2) is 25.5 Å². The summed E-state index contributed by atoms with van der Waals surface area (Å²) < 4.78 is 10.9. The number of hydrogen-bond acceptors (Lipinski definition) is 3. The van der Waals surface area contributed by atoms with Gasteiger partial charge in [0.25, 0.3) is 0 Å². The van der Waals surface area contributed by atoms with Crippen LogP contribution >= 0.6 is 0 Å². The minimum atomic E-state index is -0.483. The maximum absolute atomic E-state index is 5.71. The highest BCUT2D eigenvalue weighted by molar-refractivity contribution is 4.63. The number of nitrogens with two attached hydrogens (primary N) is 1. The standard InChI is InChI=1S/C11H23NO2/c1-11(2,12)14-8-4-6-10-5-3-7-13-9-10/h10H,3-9,12H2,1-2H3. The molecule has 2 N–H and O–H groups in total. The van der Waals surface area contributed by atoms with Crippen LogP contribution in [0.2, 0.25) is 0 Å². The monoisotopic (exact) mass is 201 g/mol. The maximum Gasteiger partial charge on any atom is 0.111 e. The molecule has 1 rings (SSSR count). The van der Waals surface area contributed by atoms with E-state index in [1.54, 1.807) is 0 Å². The number of rotatable bonds is 5. The zero-order chi connectivity index (χ0) is 10.4. The first-order valence-corrected chi connectivity index (χ1v) is 5.58. The fourth-order valence-corrected chi connectivity index (χ4v) is 1.74. The first kappa shape index (κ1) is 12.0. The van der Waals surface area contributed by atoms with Gasteiger partial charge in [-0.05, 0) is 45.4 Å². The minimum Gasteiger partial charge on any atom is -0.381 e. The van der Waals surface area contributed by atoms with Crippen molar-refractivity contribution in [1.29, 1.82) is 0 Å². The van der Waals surface area contributed by atoms with E-state index >= 15 is 0 Å². The molecule has 0 spiro atoms. The van der Waals surface area contributed by atoms with Crippen molar-refractivity contribution < 1.29 is 9.47 Å². The molecule has 1 fully saturated rings. The van der Waals surface area contributed by atoms with Crippen molar-refractivity contribution in [2.24, 2.45) is 11.7 Å². The Hall–Kier alpha value is -0.120. The van der Waals surface area contributed by atoms with Crippen LogP contribution in [0.1, 0.15) is 39.5 Å². The van der Waals surface area contributed by atoms with Gasteiger partial charge in [0.2, 0.25) is 0 Å². The predicted octanol–water partition coefficient (Wildman–Crippen LogP) is 1.90. The summed E-state index contributed by atoms with van der Waals surface area (Å²) in [5.74, 6) is 0.744. The first-order chi connectivity index (χ1) is 6.58. The van der Waals surface area contributed by atoms with E-state index < -0.39 is 5.72 Å². The summed E-state index contributed by atoms with van der Waals surface area (Å²) >= 11 is 0. The Morgan fingerprint density at radius 2 is 2.29 bits per heavy atom. The van der Waals surface area contributed by atoms with E-state index in [1.807, 2.05) is 13.8 Å². The summed E-state index contributed by atoms with van der Waals surface area (Å²) in [6.45, 7) is 6.42. The molecule has 0 aromatic rings. The lowest BCUT2D eigenvalue weighted by Crippen LogP contribution is -2.35. The van der Waals surface area contributed by atoms with Crippen molar-refractivity contribution in [3.05, 3.63) is 0 Å². The third-order valence-electron chi connectivity index (χ3n) is 2.49. The maximum atomic E-state index is 5.71. The molecule has 0 aromatic carbocycles. The summed E-state index contributed by atoms with van der Waals surface area (Å²) in [5, 5.41) is 0. The van der Waals surface area contributed by atoms with Gasteiger partial charge in [0.05, 0.1) is 0 Å². The number of hydrogen-bond donors (Lipinski definition) is 1. The van der Waals surface area contributed by atoms with Gasteiger partial charge < -0.3 is 15.2 Å². The molecule has 0 aliphatic carbocycles. The zero-order valence-corrected chi connectivity index (χ0v) is 9.42. The predicted molar refractivity (Wildman–Crippen MR) is 57.0 cm³/mol. The highest BCUT2D eigenvalue weighted by Gasteiger charge is 2.14. The van der Waals surface area contributed by atoms with Gasteiger partial charge in [-0.25, -0.2) is 0 Å². The van der Waals surface area contributed by atoms with Gasteiger partial charge in [0, 0.05) is 19.8 Å². The summed E-state index contributed by atoms with van der Waals surface area (Å²) in [5.41, 5.74) is 5.22. The lowest BCUT2D eigenvalue weighted by atomic mass is 9.97. The van der Waals surface area contributed by atoms with E-state index in [9.17, 15) is 0 Å². The Morgan fingerprint density at radius 3 is 2.86 bits per heavy atom. The topological polar surface area (TPSA) is 44.5 Å². The van der Waals surface area contributed by atoms with Gasteiger partial charge in [-0.2, -0.15) is 0 Å². The van der Waals surface area contributed by atoms with Crippen LogP contribution in [0.15, 0.2) is 0 Å². The van der Waals surface area contributed by atoms with Crippen LogP contribution < -0.4 is 5.73 Å². The minimum absolute atomic E-state index is 0.483. The molecule has 14 heavy (non-hydrogen) atoms. The van der Waals surface area contributed by atoms with E-state index in [1.165, 1.54) is 19.3 Å². The van der Waals surface area contributed by atoms with Crippen LogP contribution in [0, 0.1) is 5.92 Å². The zero-order valence-electron chi connectivity index (χ0n) is 9.42. The fraction of sp³-hybridized carbons (Fsp3) is 1.00. The molecule has 84 valence electrons. The van der Waals surface area contributed by atoms with Gasteiger partial charge >= 0.3 is 0 Å². The van der Waals surface area contributed by atoms with Crippen molar-refractivity contribution in [3.63, 3.8) is 0 Å². The quantitative estimate of drug-likeness (QED) is 0.546. The average molecular weight is 201 g/mol. The number of ether oxygens (including phenoxy) is 2. The average Bonchev–Trinajstić information content (AvgIpc) is 2.13. The Balaban J connectivity index is 1.97. The second-order valence-corrected chi connectivity index (χ2v) is 4.68. The molecule has 3 heteroatoms. The molecule has 0 amide bonds. The summed E-state index contributed by atoms with van der Waals surface area (Å²) in [6, 6.07) is 0. The molecule has 0 aromatic heterocycles. The van der Waals surface area contributed by atoms with E-state index in [4.69, 9.17) is 15.2 Å². The molecule has 1 saturated heterocycles. The Morgan fingerprint density at radius 1 is 1.50 bits per heavy atom. The van der Waals surface area contributed by atoms with Gasteiger partial charge in [-0.15, -0.1) is 0 Å². The van der Waals surface area contributed by atoms with Crippen molar-refractivity contribution in [3.8, 4) is 0 Å². The van der Waals surface area contributed by atoms with Crippen LogP contribution in [0.5, 0.6) is 0 Å². The van der Waals surface area contributed by atoms with Crippen molar-refractivity contribution in [2.45, 2.75) is 45.3 Å². The molecule has 1 heterocycles. The molecule has 1 aliphatic heterocycles. The molecular weight excluding hydrogens is 178 g/mol. The van der Waals surface area contributed by atoms with Crippen LogP contribution in [0.25, 0.3) is 0 Å². The third-order valence-corrected chi connectivity index (χ3v) is 2.49. The fourth-order valence-electron chi connectivity index (χ4n) is 1.74.